The van der Waals surface area contributed by atoms with Crippen LogP contribution in [0, 0.1) is 11.3 Å². The van der Waals surface area contributed by atoms with E-state index in [0.29, 0.717) is 6.54 Å². The van der Waals surface area contributed by atoms with Gasteiger partial charge in [-0.3, -0.25) is 14.7 Å². The number of hydrogen-bond donors (Lipinski definition) is 3. The number of amides is 1. The van der Waals surface area contributed by atoms with E-state index < -0.39 is 0 Å². The minimum absolute atomic E-state index is 0.0400. The third-order valence-electron chi connectivity index (χ3n) is 4.29. The van der Waals surface area contributed by atoms with Crippen molar-refractivity contribution in [2.75, 3.05) is 44.6 Å². The zero-order chi connectivity index (χ0) is 18.2. The fourth-order valence-corrected chi connectivity index (χ4v) is 2.88. The Labute approximate surface area is 152 Å². The molecule has 0 radical (unpaired) electrons. The quantitative estimate of drug-likeness (QED) is 0.533. The predicted molar refractivity (Wildman–Crippen MR) is 101 cm³/mol. The summed E-state index contributed by atoms with van der Waals surface area (Å²) in [6.07, 6.45) is 3.15. The summed E-state index contributed by atoms with van der Waals surface area (Å²) in [5, 5.41) is 19.4. The molecule has 1 aliphatic rings. The summed E-state index contributed by atoms with van der Waals surface area (Å²) in [4.78, 5) is 18.8. The average Bonchev–Trinajstić information content (AvgIpc) is 2.69. The van der Waals surface area contributed by atoms with Crippen LogP contribution in [-0.4, -0.2) is 55.1 Å². The molecule has 3 rings (SSSR count). The Bertz CT molecular complexity index is 830. The van der Waals surface area contributed by atoms with E-state index in [1.807, 2.05) is 36.4 Å². The zero-order valence-corrected chi connectivity index (χ0v) is 14.5. The Morgan fingerprint density at radius 3 is 2.92 bits per heavy atom. The van der Waals surface area contributed by atoms with Crippen molar-refractivity contribution in [3.05, 3.63) is 48.3 Å². The second kappa shape index (κ2) is 8.94. The number of hydrogen-bond acceptors (Lipinski definition) is 6. The lowest BCUT2D eigenvalue weighted by molar-refractivity contribution is -0.117. The fourth-order valence-electron chi connectivity index (χ4n) is 2.88. The predicted octanol–water partition coefficient (Wildman–Crippen LogP) is 1.08. The molecule has 0 atom stereocenters. The number of carbonyl (C=O) groups is 1. The standard InChI is InChI=1S/C19H22N6O/c20-13-16(19(26)23-9-12-25-10-7-21-8-11-25)14-24-17-5-1-3-15-4-2-6-22-18(15)17/h1-6,14,21,24H,7-12H2,(H,23,26)/b16-14-. The van der Waals surface area contributed by atoms with Crippen LogP contribution >= 0.6 is 0 Å². The first kappa shape index (κ1) is 17.9. The van der Waals surface area contributed by atoms with E-state index >= 15 is 0 Å². The average molecular weight is 350 g/mol. The van der Waals surface area contributed by atoms with Gasteiger partial charge in [0.05, 0.1) is 11.2 Å². The van der Waals surface area contributed by atoms with Gasteiger partial charge in [0.15, 0.2) is 0 Å². The van der Waals surface area contributed by atoms with Crippen molar-refractivity contribution in [3.8, 4) is 6.07 Å². The number of rotatable bonds is 6. The van der Waals surface area contributed by atoms with Crippen molar-refractivity contribution in [2.24, 2.45) is 0 Å². The molecule has 3 N–H and O–H groups in total. The lowest BCUT2D eigenvalue weighted by atomic mass is 10.2. The van der Waals surface area contributed by atoms with Gasteiger partial charge in [0.2, 0.25) is 0 Å². The lowest BCUT2D eigenvalue weighted by Crippen LogP contribution is -2.46. The maximum Gasteiger partial charge on any atom is 0.263 e. The molecule has 2 heterocycles. The van der Waals surface area contributed by atoms with Crippen LogP contribution < -0.4 is 16.0 Å². The van der Waals surface area contributed by atoms with E-state index in [9.17, 15) is 10.1 Å². The van der Waals surface area contributed by atoms with E-state index in [1.54, 1.807) is 6.20 Å². The summed E-state index contributed by atoms with van der Waals surface area (Å²) in [6.45, 7) is 5.21. The van der Waals surface area contributed by atoms with Gasteiger partial charge in [-0.2, -0.15) is 5.26 Å². The zero-order valence-electron chi connectivity index (χ0n) is 14.5. The molecule has 0 saturated carbocycles. The highest BCUT2D eigenvalue weighted by Gasteiger charge is 2.12. The minimum Gasteiger partial charge on any atom is -0.358 e. The fraction of sp³-hybridized carbons (Fsp3) is 0.316. The van der Waals surface area contributed by atoms with Crippen LogP contribution in [0.5, 0.6) is 0 Å². The van der Waals surface area contributed by atoms with Crippen LogP contribution in [-0.2, 0) is 4.79 Å². The molecule has 0 bridgehead atoms. The van der Waals surface area contributed by atoms with Gasteiger partial charge in [0, 0.05) is 57.1 Å². The number of nitriles is 1. The van der Waals surface area contributed by atoms with Gasteiger partial charge in [0.25, 0.3) is 5.91 Å². The summed E-state index contributed by atoms with van der Waals surface area (Å²) in [7, 11) is 0. The van der Waals surface area contributed by atoms with Crippen LogP contribution in [0.2, 0.25) is 0 Å². The largest absolute Gasteiger partial charge is 0.358 e. The first-order chi connectivity index (χ1) is 12.8. The third-order valence-corrected chi connectivity index (χ3v) is 4.29. The number of nitrogens with zero attached hydrogens (tertiary/aromatic N) is 3. The number of benzene rings is 1. The molecule has 1 amide bonds. The Hall–Kier alpha value is -2.95. The second-order valence-corrected chi connectivity index (χ2v) is 6.04. The maximum atomic E-state index is 12.2. The molecule has 7 nitrogen and oxygen atoms in total. The molecule has 1 saturated heterocycles. The molecule has 134 valence electrons. The Kier molecular flexibility index (Phi) is 6.14. The summed E-state index contributed by atoms with van der Waals surface area (Å²) in [5.74, 6) is -0.372. The monoisotopic (exact) mass is 350 g/mol. The third kappa shape index (κ3) is 4.57. The van der Waals surface area contributed by atoms with Gasteiger partial charge in [-0.1, -0.05) is 18.2 Å². The van der Waals surface area contributed by atoms with Crippen LogP contribution in [0.3, 0.4) is 0 Å². The first-order valence-corrected chi connectivity index (χ1v) is 8.70. The summed E-state index contributed by atoms with van der Waals surface area (Å²) in [6, 6.07) is 11.5. The molecule has 0 aliphatic carbocycles. The number of pyridine rings is 1. The molecular weight excluding hydrogens is 328 g/mol. The SMILES string of the molecule is N#C/C(=C/Nc1cccc2cccnc12)C(=O)NCCN1CCNCC1. The highest BCUT2D eigenvalue weighted by atomic mass is 16.1. The van der Waals surface area contributed by atoms with Crippen LogP contribution in [0.15, 0.2) is 48.3 Å². The summed E-state index contributed by atoms with van der Waals surface area (Å²) < 4.78 is 0. The van der Waals surface area contributed by atoms with E-state index in [0.717, 1.165) is 49.3 Å². The van der Waals surface area contributed by atoms with Crippen molar-refractivity contribution < 1.29 is 4.79 Å². The first-order valence-electron chi connectivity index (χ1n) is 8.70. The summed E-state index contributed by atoms with van der Waals surface area (Å²) >= 11 is 0. The van der Waals surface area contributed by atoms with E-state index in [1.165, 1.54) is 6.20 Å². The molecule has 7 heteroatoms. The van der Waals surface area contributed by atoms with Gasteiger partial charge in [-0.05, 0) is 12.1 Å². The number of fused-ring (bicyclic) bond motifs is 1. The van der Waals surface area contributed by atoms with E-state index in [2.05, 4.69) is 25.8 Å². The van der Waals surface area contributed by atoms with Gasteiger partial charge >= 0.3 is 0 Å². The van der Waals surface area contributed by atoms with E-state index in [4.69, 9.17) is 0 Å². The molecule has 1 aliphatic heterocycles. The molecule has 0 unspecified atom stereocenters. The number of aromatic nitrogens is 1. The van der Waals surface area contributed by atoms with Crippen molar-refractivity contribution >= 4 is 22.5 Å². The van der Waals surface area contributed by atoms with E-state index in [-0.39, 0.29) is 11.5 Å². The highest BCUT2D eigenvalue weighted by molar-refractivity contribution is 5.98. The smallest absolute Gasteiger partial charge is 0.263 e. The van der Waals surface area contributed by atoms with Gasteiger partial charge in [-0.25, -0.2) is 0 Å². The normalized spacial score (nSPS) is 15.4. The second-order valence-electron chi connectivity index (χ2n) is 6.04. The number of piperazine rings is 1. The van der Waals surface area contributed by atoms with Crippen molar-refractivity contribution in [3.63, 3.8) is 0 Å². The molecular formula is C19H22N6O. The van der Waals surface area contributed by atoms with Gasteiger partial charge < -0.3 is 16.0 Å². The van der Waals surface area contributed by atoms with Gasteiger partial charge in [0.1, 0.15) is 11.6 Å². The topological polar surface area (TPSA) is 93.1 Å². The molecule has 1 fully saturated rings. The number of anilines is 1. The Morgan fingerprint density at radius 2 is 2.12 bits per heavy atom. The van der Waals surface area contributed by atoms with Gasteiger partial charge in [-0.15, -0.1) is 0 Å². The number of carbonyl (C=O) groups excluding carboxylic acids is 1. The number of para-hydroxylation sites is 1. The molecule has 0 spiro atoms. The Morgan fingerprint density at radius 1 is 1.31 bits per heavy atom. The van der Waals surface area contributed by atoms with Crippen LogP contribution in [0.1, 0.15) is 0 Å². The van der Waals surface area contributed by atoms with Crippen molar-refractivity contribution in [1.29, 1.82) is 5.26 Å². The van der Waals surface area contributed by atoms with Crippen LogP contribution in [0.25, 0.3) is 10.9 Å². The van der Waals surface area contributed by atoms with Crippen molar-refractivity contribution in [1.82, 2.24) is 20.5 Å². The molecule has 1 aromatic heterocycles. The molecule has 1 aromatic carbocycles. The van der Waals surface area contributed by atoms with Crippen LogP contribution in [0.4, 0.5) is 5.69 Å². The Balaban J connectivity index is 1.58. The maximum absolute atomic E-state index is 12.2. The number of nitrogens with one attached hydrogen (secondary N) is 3. The molecule has 2 aromatic rings. The highest BCUT2D eigenvalue weighted by Crippen LogP contribution is 2.20. The molecule has 26 heavy (non-hydrogen) atoms. The lowest BCUT2D eigenvalue weighted by Gasteiger charge is -2.27. The minimum atomic E-state index is -0.372. The summed E-state index contributed by atoms with van der Waals surface area (Å²) in [5.41, 5.74) is 1.59. The van der Waals surface area contributed by atoms with Crippen molar-refractivity contribution in [2.45, 2.75) is 0 Å².